The van der Waals surface area contributed by atoms with Crippen LogP contribution in [-0.4, -0.2) is 182 Å². The van der Waals surface area contributed by atoms with Gasteiger partial charge in [0.05, 0.1) is 19.8 Å². The standard InChI is InChI=1S/C60H111N9O12/c1-7-10-13-28-37-76-46-52(43-64-40-49(64)4)79-55(70)61-31-22-16-19-25-34-67-58(73)68(35-26-20-17-23-32-62-56(71)80-53(44-65-41-50(65)5)47-77-38-29-14-11-8-2)60(75)69(59(67)74)36-27-21-18-24-33-63-57(72)81-54(45-66-42-51(66)6)48-78-39-30-15-12-9-3/h49-54H,7-48H2,1-6H3,(H,61,70)(H,62,71)(H,63,72). The minimum Gasteiger partial charge on any atom is -0.442 e. The van der Waals surface area contributed by atoms with Crippen molar-refractivity contribution in [2.45, 2.75) is 252 Å². The minimum absolute atomic E-state index is 0.165. The molecule has 3 N–H and O–H groups in total. The third kappa shape index (κ3) is 30.9. The number of nitrogens with zero attached hydrogens (tertiary/aromatic N) is 6. The zero-order valence-electron chi connectivity index (χ0n) is 51.2. The summed E-state index contributed by atoms with van der Waals surface area (Å²) < 4.78 is 38.5. The maximum Gasteiger partial charge on any atom is 0.407 e. The van der Waals surface area contributed by atoms with Gasteiger partial charge < -0.3 is 44.4 Å². The lowest BCUT2D eigenvalue weighted by Gasteiger charge is -2.19. The number of carbonyl (C=O) groups is 3. The highest BCUT2D eigenvalue weighted by Crippen LogP contribution is 2.20. The van der Waals surface area contributed by atoms with Crippen molar-refractivity contribution in [1.82, 2.24) is 44.4 Å². The van der Waals surface area contributed by atoms with Crippen molar-refractivity contribution in [3.8, 4) is 0 Å². The molecule has 1 aromatic heterocycles. The molecule has 3 amide bonds. The van der Waals surface area contributed by atoms with Gasteiger partial charge in [0.15, 0.2) is 0 Å². The van der Waals surface area contributed by atoms with Crippen molar-refractivity contribution in [1.29, 1.82) is 0 Å². The molecule has 21 heteroatoms. The Hall–Kier alpha value is -4.02. The van der Waals surface area contributed by atoms with Crippen LogP contribution in [0.2, 0.25) is 0 Å². The molecule has 4 heterocycles. The molecule has 0 spiro atoms. The average molecular weight is 1150 g/mol. The summed E-state index contributed by atoms with van der Waals surface area (Å²) in [6, 6.07) is 1.47. The third-order valence-electron chi connectivity index (χ3n) is 15.6. The van der Waals surface area contributed by atoms with Gasteiger partial charge in [0, 0.05) is 116 Å². The Morgan fingerprint density at radius 1 is 0.395 bits per heavy atom. The number of ether oxygens (including phenoxy) is 6. The van der Waals surface area contributed by atoms with E-state index in [0.29, 0.717) is 155 Å². The van der Waals surface area contributed by atoms with Gasteiger partial charge >= 0.3 is 35.3 Å². The second kappa shape index (κ2) is 41.9. The molecular formula is C60H111N9O12. The molecule has 4 rings (SSSR count). The van der Waals surface area contributed by atoms with E-state index in [2.05, 4.69) is 72.2 Å². The van der Waals surface area contributed by atoms with Crippen molar-refractivity contribution in [3.63, 3.8) is 0 Å². The molecule has 3 aliphatic heterocycles. The van der Waals surface area contributed by atoms with Crippen molar-refractivity contribution in [3.05, 3.63) is 31.5 Å². The zero-order valence-corrected chi connectivity index (χ0v) is 51.2. The van der Waals surface area contributed by atoms with Crippen LogP contribution >= 0.6 is 0 Å². The SMILES string of the molecule is CCCCCCOCC(CN1CC1C)OC(=O)NCCCCCCn1c(=O)n(CCCCCCNC(=O)OC(COCCCCCC)CN2CC2C)c(=O)n(CCCCCCNC(=O)OC(COCCCCCC)CN2CC2C)c1=O. The van der Waals surface area contributed by atoms with Crippen molar-refractivity contribution in [2.75, 3.05) is 98.5 Å². The summed E-state index contributed by atoms with van der Waals surface area (Å²) in [5.41, 5.74) is -1.82. The van der Waals surface area contributed by atoms with E-state index < -0.39 is 35.3 Å². The molecule has 81 heavy (non-hydrogen) atoms. The lowest BCUT2D eigenvalue weighted by atomic mass is 10.2. The van der Waals surface area contributed by atoms with Gasteiger partial charge in [-0.15, -0.1) is 0 Å². The summed E-state index contributed by atoms with van der Waals surface area (Å²) in [6.45, 7) is 22.8. The Kier molecular flexibility index (Phi) is 35.9. The van der Waals surface area contributed by atoms with Gasteiger partial charge in [0.1, 0.15) is 18.3 Å². The summed E-state index contributed by atoms with van der Waals surface area (Å²) in [7, 11) is 0. The molecule has 21 nitrogen and oxygen atoms in total. The molecule has 1 aromatic rings. The van der Waals surface area contributed by atoms with Gasteiger partial charge in [-0.3, -0.25) is 14.7 Å². The monoisotopic (exact) mass is 1150 g/mol. The van der Waals surface area contributed by atoms with Gasteiger partial charge in [-0.2, -0.15) is 0 Å². The third-order valence-corrected chi connectivity index (χ3v) is 15.6. The van der Waals surface area contributed by atoms with Gasteiger partial charge in [-0.1, -0.05) is 117 Å². The molecule has 0 aliphatic carbocycles. The van der Waals surface area contributed by atoms with Crippen LogP contribution in [0, 0.1) is 0 Å². The second-order valence-corrected chi connectivity index (χ2v) is 23.2. The molecule has 9 atom stereocenters. The fraction of sp³-hybridized carbons (Fsp3) is 0.900. The number of hydrogen-bond acceptors (Lipinski definition) is 15. The predicted octanol–water partition coefficient (Wildman–Crippen LogP) is 8.04. The molecule has 3 saturated heterocycles. The smallest absolute Gasteiger partial charge is 0.407 e. The van der Waals surface area contributed by atoms with E-state index in [1.807, 2.05) is 0 Å². The average Bonchev–Trinajstić information content (AvgIpc) is 4.51. The largest absolute Gasteiger partial charge is 0.442 e. The fourth-order valence-corrected chi connectivity index (χ4v) is 9.99. The quantitative estimate of drug-likeness (QED) is 0.0320. The zero-order chi connectivity index (χ0) is 58.5. The van der Waals surface area contributed by atoms with Gasteiger partial charge in [-0.05, 0) is 78.6 Å². The number of alkyl carbamates (subject to hydrolysis) is 3. The second-order valence-electron chi connectivity index (χ2n) is 23.2. The lowest BCUT2D eigenvalue weighted by molar-refractivity contribution is 0.0121. The first kappa shape index (κ1) is 69.5. The number of unbranched alkanes of at least 4 members (excludes halogenated alkanes) is 18. The highest BCUT2D eigenvalue weighted by Gasteiger charge is 2.34. The number of hydrogen-bond donors (Lipinski definition) is 3. The topological polar surface area (TPSA) is 218 Å². The Morgan fingerprint density at radius 3 is 0.889 bits per heavy atom. The van der Waals surface area contributed by atoms with E-state index in [0.717, 1.165) is 96.7 Å². The summed E-state index contributed by atoms with van der Waals surface area (Å²) in [6.07, 6.45) is 19.2. The lowest BCUT2D eigenvalue weighted by Crippen LogP contribution is -2.54. The van der Waals surface area contributed by atoms with Crippen molar-refractivity contribution in [2.24, 2.45) is 0 Å². The first-order valence-electron chi connectivity index (χ1n) is 32.1. The molecule has 0 saturated carbocycles. The Morgan fingerprint density at radius 2 is 0.642 bits per heavy atom. The summed E-state index contributed by atoms with van der Waals surface area (Å²) in [5, 5.41) is 8.63. The normalized spacial score (nSPS) is 20.1. The van der Waals surface area contributed by atoms with E-state index in [-0.39, 0.29) is 37.9 Å². The summed E-state index contributed by atoms with van der Waals surface area (Å²) in [5.74, 6) is 0. The molecule has 0 aromatic carbocycles. The number of aromatic nitrogens is 3. The predicted molar refractivity (Wildman–Crippen MR) is 317 cm³/mol. The first-order chi connectivity index (χ1) is 39.3. The van der Waals surface area contributed by atoms with Crippen LogP contribution in [0.1, 0.15) is 196 Å². The van der Waals surface area contributed by atoms with Crippen molar-refractivity contribution >= 4 is 18.3 Å². The Labute approximate surface area is 485 Å². The van der Waals surface area contributed by atoms with E-state index in [9.17, 15) is 28.8 Å². The Balaban J connectivity index is 1.23. The van der Waals surface area contributed by atoms with Crippen LogP contribution in [0.4, 0.5) is 14.4 Å². The van der Waals surface area contributed by atoms with Crippen LogP contribution in [0.15, 0.2) is 14.4 Å². The Bertz CT molecular complexity index is 1800. The summed E-state index contributed by atoms with van der Waals surface area (Å²) >= 11 is 0. The molecule has 3 fully saturated rings. The van der Waals surface area contributed by atoms with Crippen molar-refractivity contribution < 1.29 is 42.8 Å². The number of rotatable bonds is 51. The molecule has 3 aliphatic rings. The van der Waals surface area contributed by atoms with E-state index in [4.69, 9.17) is 28.4 Å². The maximum absolute atomic E-state index is 13.9. The molecule has 0 bridgehead atoms. The molecule has 0 radical (unpaired) electrons. The van der Waals surface area contributed by atoms with Crippen LogP contribution in [0.3, 0.4) is 0 Å². The van der Waals surface area contributed by atoms with Gasteiger partial charge in [0.2, 0.25) is 0 Å². The van der Waals surface area contributed by atoms with E-state index in [1.54, 1.807) is 0 Å². The molecular weight excluding hydrogens is 1040 g/mol. The van der Waals surface area contributed by atoms with Crippen LogP contribution < -0.4 is 33.0 Å². The minimum atomic E-state index is -0.606. The van der Waals surface area contributed by atoms with Crippen LogP contribution in [-0.2, 0) is 48.1 Å². The summed E-state index contributed by atoms with van der Waals surface area (Å²) in [4.78, 5) is 86.8. The fourth-order valence-electron chi connectivity index (χ4n) is 9.99. The van der Waals surface area contributed by atoms with Gasteiger partial charge in [-0.25, -0.2) is 42.5 Å². The van der Waals surface area contributed by atoms with Crippen LogP contribution in [0.25, 0.3) is 0 Å². The highest BCUT2D eigenvalue weighted by atomic mass is 16.6. The number of carbonyl (C=O) groups excluding carboxylic acids is 3. The molecule has 468 valence electrons. The number of nitrogens with one attached hydrogen (secondary N) is 3. The van der Waals surface area contributed by atoms with Gasteiger partial charge in [0.25, 0.3) is 0 Å². The van der Waals surface area contributed by atoms with E-state index >= 15 is 0 Å². The maximum atomic E-state index is 13.9. The van der Waals surface area contributed by atoms with Crippen LogP contribution in [0.5, 0.6) is 0 Å². The highest BCUT2D eigenvalue weighted by molar-refractivity contribution is 5.68. The number of amides is 3. The van der Waals surface area contributed by atoms with E-state index in [1.165, 1.54) is 33.0 Å². The first-order valence-corrected chi connectivity index (χ1v) is 32.1. The molecule has 9 unspecified atom stereocenters.